The summed E-state index contributed by atoms with van der Waals surface area (Å²) in [6.07, 6.45) is -0.116. The quantitative estimate of drug-likeness (QED) is 0.557. The number of aliphatic hydroxyl groups is 1. The van der Waals surface area contributed by atoms with Crippen LogP contribution in [0.2, 0.25) is 0 Å². The fourth-order valence-electron chi connectivity index (χ4n) is 0.722. The van der Waals surface area contributed by atoms with Crippen LogP contribution in [0.4, 0.5) is 0 Å². The second-order valence-electron chi connectivity index (χ2n) is 1.97. The minimum atomic E-state index is -1.65. The van der Waals surface area contributed by atoms with Crippen LogP contribution in [0.15, 0.2) is 30.3 Å². The maximum Gasteiger partial charge on any atom is 0.270 e. The highest BCUT2D eigenvalue weighted by molar-refractivity contribution is 6.65. The summed E-state index contributed by atoms with van der Waals surface area (Å²) in [4.78, 5) is 9.18. The summed E-state index contributed by atoms with van der Waals surface area (Å²) in [6, 6.07) is 9.24. The van der Waals surface area contributed by atoms with Gasteiger partial charge >= 0.3 is 0 Å². The molecule has 1 aromatic carbocycles. The van der Waals surface area contributed by atoms with Crippen LogP contribution in [0.25, 0.3) is 0 Å². The van der Waals surface area contributed by atoms with Crippen molar-refractivity contribution in [3.8, 4) is 0 Å². The van der Waals surface area contributed by atoms with Crippen LogP contribution < -0.4 is 5.19 Å². The van der Waals surface area contributed by atoms with E-state index in [1.165, 1.54) is 0 Å². The van der Waals surface area contributed by atoms with E-state index in [9.17, 15) is 4.80 Å². The van der Waals surface area contributed by atoms with Gasteiger partial charge in [-0.3, -0.25) is 0 Å². The Bertz CT molecular complexity index is 188. The lowest BCUT2D eigenvalue weighted by molar-refractivity contribution is 0.343. The van der Waals surface area contributed by atoms with Gasteiger partial charge in [-0.25, -0.2) is 0 Å². The third-order valence-electron chi connectivity index (χ3n) is 1.26. The van der Waals surface area contributed by atoms with Gasteiger partial charge in [-0.1, -0.05) is 30.3 Å². The van der Waals surface area contributed by atoms with Crippen molar-refractivity contribution < 1.29 is 9.90 Å². The molecule has 0 aromatic heterocycles. The molecule has 0 aliphatic heterocycles. The standard InChI is InChI=1S/C7H9O2Si/c8-6-10(9)7-4-2-1-3-5-7/h1-5,8-9H,6H2. The first kappa shape index (κ1) is 7.46. The number of aliphatic hydroxyl groups excluding tert-OH is 1. The van der Waals surface area contributed by atoms with E-state index in [-0.39, 0.29) is 6.23 Å². The summed E-state index contributed by atoms with van der Waals surface area (Å²) in [6.45, 7) is 0. The Morgan fingerprint density at radius 3 is 2.30 bits per heavy atom. The average molecular weight is 153 g/mol. The van der Waals surface area contributed by atoms with Gasteiger partial charge in [0, 0.05) is 0 Å². The number of benzene rings is 1. The number of rotatable bonds is 2. The van der Waals surface area contributed by atoms with Gasteiger partial charge in [0.05, 0.1) is 6.23 Å². The van der Waals surface area contributed by atoms with Crippen molar-refractivity contribution in [2.45, 2.75) is 0 Å². The monoisotopic (exact) mass is 153 g/mol. The zero-order valence-electron chi connectivity index (χ0n) is 5.49. The van der Waals surface area contributed by atoms with Crippen LogP contribution in [-0.2, 0) is 0 Å². The summed E-state index contributed by atoms with van der Waals surface area (Å²) in [5, 5.41) is 9.44. The molecule has 0 amide bonds. The molecular weight excluding hydrogens is 144 g/mol. The third-order valence-corrected chi connectivity index (χ3v) is 2.56. The number of hydrogen-bond donors (Lipinski definition) is 2. The van der Waals surface area contributed by atoms with Crippen molar-refractivity contribution in [1.82, 2.24) is 0 Å². The highest BCUT2D eigenvalue weighted by atomic mass is 28.3. The molecular formula is C7H9O2Si. The zero-order chi connectivity index (χ0) is 7.40. The van der Waals surface area contributed by atoms with E-state index in [1.54, 1.807) is 0 Å². The first-order chi connectivity index (χ1) is 4.84. The summed E-state index contributed by atoms with van der Waals surface area (Å²) >= 11 is 0. The van der Waals surface area contributed by atoms with Crippen LogP contribution in [0.3, 0.4) is 0 Å². The predicted molar refractivity (Wildman–Crippen MR) is 41.1 cm³/mol. The molecule has 10 heavy (non-hydrogen) atoms. The normalized spacial score (nSPS) is 10.3. The molecule has 2 N–H and O–H groups in total. The Morgan fingerprint density at radius 1 is 1.20 bits per heavy atom. The lowest BCUT2D eigenvalue weighted by atomic mass is 10.4. The minimum Gasteiger partial charge on any atom is -0.426 e. The van der Waals surface area contributed by atoms with E-state index in [0.717, 1.165) is 5.19 Å². The fraction of sp³-hybridized carbons (Fsp3) is 0.143. The summed E-state index contributed by atoms with van der Waals surface area (Å²) in [5.41, 5.74) is 0. The largest absolute Gasteiger partial charge is 0.426 e. The van der Waals surface area contributed by atoms with Gasteiger partial charge in [0.1, 0.15) is 0 Å². The summed E-state index contributed by atoms with van der Waals surface area (Å²) in [7, 11) is -1.65. The molecule has 0 unspecified atom stereocenters. The topological polar surface area (TPSA) is 40.5 Å². The summed E-state index contributed by atoms with van der Waals surface area (Å²) in [5.74, 6) is 0. The van der Waals surface area contributed by atoms with Crippen molar-refractivity contribution in [1.29, 1.82) is 0 Å². The minimum absolute atomic E-state index is 0.116. The lowest BCUT2D eigenvalue weighted by Crippen LogP contribution is -2.33. The summed E-state index contributed by atoms with van der Waals surface area (Å²) < 4.78 is 0. The van der Waals surface area contributed by atoms with Crippen molar-refractivity contribution in [2.75, 3.05) is 6.23 Å². The van der Waals surface area contributed by atoms with E-state index in [1.807, 2.05) is 30.3 Å². The molecule has 3 heteroatoms. The molecule has 0 heterocycles. The Kier molecular flexibility index (Phi) is 2.62. The maximum absolute atomic E-state index is 9.18. The average Bonchev–Trinajstić information content (AvgIpc) is 2.05. The van der Waals surface area contributed by atoms with Crippen LogP contribution in [-0.4, -0.2) is 25.2 Å². The molecule has 0 bridgehead atoms. The predicted octanol–water partition coefficient (Wildman–Crippen LogP) is -0.591. The molecule has 2 nitrogen and oxygen atoms in total. The lowest BCUT2D eigenvalue weighted by Gasteiger charge is -2.01. The van der Waals surface area contributed by atoms with E-state index in [0.29, 0.717) is 0 Å². The smallest absolute Gasteiger partial charge is 0.270 e. The van der Waals surface area contributed by atoms with Gasteiger partial charge in [0.2, 0.25) is 0 Å². The fourth-order valence-corrected chi connectivity index (χ4v) is 1.48. The van der Waals surface area contributed by atoms with Gasteiger partial charge in [0.15, 0.2) is 0 Å². The van der Waals surface area contributed by atoms with Gasteiger partial charge < -0.3 is 9.90 Å². The van der Waals surface area contributed by atoms with E-state index in [4.69, 9.17) is 5.11 Å². The molecule has 0 atom stereocenters. The van der Waals surface area contributed by atoms with Crippen molar-refractivity contribution in [3.63, 3.8) is 0 Å². The SMILES string of the molecule is OC[Si](O)c1ccccc1. The molecule has 0 fully saturated rings. The molecule has 0 aliphatic rings. The molecule has 1 rings (SSSR count). The second-order valence-corrected chi connectivity index (χ2v) is 3.76. The highest BCUT2D eigenvalue weighted by Gasteiger charge is 2.07. The Morgan fingerprint density at radius 2 is 1.80 bits per heavy atom. The number of hydrogen-bond acceptors (Lipinski definition) is 2. The van der Waals surface area contributed by atoms with E-state index < -0.39 is 9.04 Å². The molecule has 53 valence electrons. The molecule has 0 saturated carbocycles. The molecule has 0 saturated heterocycles. The maximum atomic E-state index is 9.18. The van der Waals surface area contributed by atoms with Crippen molar-refractivity contribution in [3.05, 3.63) is 30.3 Å². The van der Waals surface area contributed by atoms with Crippen LogP contribution >= 0.6 is 0 Å². The van der Waals surface area contributed by atoms with Crippen molar-refractivity contribution in [2.24, 2.45) is 0 Å². The molecule has 1 radical (unpaired) electrons. The third kappa shape index (κ3) is 1.67. The molecule has 0 aliphatic carbocycles. The zero-order valence-corrected chi connectivity index (χ0v) is 6.49. The Labute approximate surface area is 61.5 Å². The van der Waals surface area contributed by atoms with Gasteiger partial charge in [-0.2, -0.15) is 0 Å². The van der Waals surface area contributed by atoms with Crippen LogP contribution in [0.1, 0.15) is 0 Å². The molecule has 0 spiro atoms. The highest BCUT2D eigenvalue weighted by Crippen LogP contribution is 1.84. The van der Waals surface area contributed by atoms with Crippen LogP contribution in [0.5, 0.6) is 0 Å². The Hall–Kier alpha value is -0.643. The molecule has 1 aromatic rings. The van der Waals surface area contributed by atoms with Crippen molar-refractivity contribution >= 4 is 14.2 Å². The van der Waals surface area contributed by atoms with Gasteiger partial charge in [0.25, 0.3) is 9.04 Å². The van der Waals surface area contributed by atoms with Gasteiger partial charge in [-0.15, -0.1) is 0 Å². The first-order valence-electron chi connectivity index (χ1n) is 3.05. The van der Waals surface area contributed by atoms with E-state index in [2.05, 4.69) is 0 Å². The Balaban J connectivity index is 2.75. The van der Waals surface area contributed by atoms with Gasteiger partial charge in [-0.05, 0) is 5.19 Å². The van der Waals surface area contributed by atoms with Crippen LogP contribution in [0, 0.1) is 0 Å². The van der Waals surface area contributed by atoms with E-state index >= 15 is 0 Å². The second kappa shape index (κ2) is 3.51. The first-order valence-corrected chi connectivity index (χ1v) is 4.71.